The fourth-order valence-electron chi connectivity index (χ4n) is 2.63. The van der Waals surface area contributed by atoms with Crippen molar-refractivity contribution >= 4 is 17.7 Å². The van der Waals surface area contributed by atoms with Crippen molar-refractivity contribution in [1.29, 1.82) is 5.26 Å². The van der Waals surface area contributed by atoms with Crippen molar-refractivity contribution in [2.75, 3.05) is 31.1 Å². The highest BCUT2D eigenvalue weighted by Gasteiger charge is 2.23. The highest BCUT2D eigenvalue weighted by atomic mass is 16.3. The van der Waals surface area contributed by atoms with E-state index in [0.29, 0.717) is 18.8 Å². The van der Waals surface area contributed by atoms with Crippen LogP contribution in [0.2, 0.25) is 0 Å². The van der Waals surface area contributed by atoms with E-state index in [9.17, 15) is 10.1 Å². The SMILES string of the molecule is N#C/C(=C/c1ccco1)C(=O)N1CCN(c2ccccc2)CC1. The molecule has 1 fully saturated rings. The smallest absolute Gasteiger partial charge is 0.264 e. The second-order valence-corrected chi connectivity index (χ2v) is 5.30. The maximum Gasteiger partial charge on any atom is 0.264 e. The van der Waals surface area contributed by atoms with Gasteiger partial charge in [-0.1, -0.05) is 18.2 Å². The van der Waals surface area contributed by atoms with Gasteiger partial charge in [-0.15, -0.1) is 0 Å². The standard InChI is InChI=1S/C18H17N3O2/c19-14-15(13-17-7-4-12-23-17)18(22)21-10-8-20(9-11-21)16-5-2-1-3-6-16/h1-7,12-13H,8-11H2/b15-13-. The summed E-state index contributed by atoms with van der Waals surface area (Å²) in [7, 11) is 0. The minimum Gasteiger partial charge on any atom is -0.465 e. The molecule has 23 heavy (non-hydrogen) atoms. The summed E-state index contributed by atoms with van der Waals surface area (Å²) in [6.45, 7) is 2.72. The van der Waals surface area contributed by atoms with Crippen molar-refractivity contribution in [2.24, 2.45) is 0 Å². The molecule has 0 bridgehead atoms. The number of para-hydroxylation sites is 1. The van der Waals surface area contributed by atoms with Gasteiger partial charge in [-0.25, -0.2) is 0 Å². The Bertz CT molecular complexity index is 721. The quantitative estimate of drug-likeness (QED) is 0.646. The highest BCUT2D eigenvalue weighted by molar-refractivity contribution is 6.01. The molecule has 3 rings (SSSR count). The lowest BCUT2D eigenvalue weighted by Gasteiger charge is -2.36. The number of furan rings is 1. The number of nitrogens with zero attached hydrogens (tertiary/aromatic N) is 3. The lowest BCUT2D eigenvalue weighted by molar-refractivity contribution is -0.126. The van der Waals surface area contributed by atoms with Crippen LogP contribution in [0.4, 0.5) is 5.69 Å². The summed E-state index contributed by atoms with van der Waals surface area (Å²) in [6, 6.07) is 15.6. The van der Waals surface area contributed by atoms with Crippen LogP contribution in [0.25, 0.3) is 6.08 Å². The minimum absolute atomic E-state index is 0.105. The van der Waals surface area contributed by atoms with Gasteiger partial charge in [0, 0.05) is 37.9 Å². The van der Waals surface area contributed by atoms with Gasteiger partial charge < -0.3 is 14.2 Å². The van der Waals surface area contributed by atoms with Gasteiger partial charge in [0.25, 0.3) is 5.91 Å². The van der Waals surface area contributed by atoms with Gasteiger partial charge in [0.1, 0.15) is 17.4 Å². The van der Waals surface area contributed by atoms with Crippen molar-refractivity contribution in [3.8, 4) is 6.07 Å². The van der Waals surface area contributed by atoms with Crippen LogP contribution in [0.1, 0.15) is 5.76 Å². The molecule has 116 valence electrons. The predicted molar refractivity (Wildman–Crippen MR) is 87.5 cm³/mol. The number of hydrogen-bond acceptors (Lipinski definition) is 4. The van der Waals surface area contributed by atoms with E-state index in [1.54, 1.807) is 17.0 Å². The Labute approximate surface area is 135 Å². The third kappa shape index (κ3) is 3.43. The molecule has 0 radical (unpaired) electrons. The molecule has 1 aliphatic rings. The number of nitriles is 1. The van der Waals surface area contributed by atoms with Gasteiger partial charge in [-0.2, -0.15) is 5.26 Å². The topological polar surface area (TPSA) is 60.5 Å². The van der Waals surface area contributed by atoms with Crippen molar-refractivity contribution < 1.29 is 9.21 Å². The maximum atomic E-state index is 12.5. The van der Waals surface area contributed by atoms with E-state index in [-0.39, 0.29) is 11.5 Å². The van der Waals surface area contributed by atoms with Gasteiger partial charge in [0.2, 0.25) is 0 Å². The van der Waals surface area contributed by atoms with E-state index >= 15 is 0 Å². The van der Waals surface area contributed by atoms with E-state index in [1.165, 1.54) is 12.3 Å². The van der Waals surface area contributed by atoms with E-state index in [4.69, 9.17) is 4.42 Å². The van der Waals surface area contributed by atoms with Crippen LogP contribution >= 0.6 is 0 Å². The summed E-state index contributed by atoms with van der Waals surface area (Å²) < 4.78 is 5.17. The number of carbonyl (C=O) groups excluding carboxylic acids is 1. The molecule has 5 heteroatoms. The zero-order valence-electron chi connectivity index (χ0n) is 12.7. The number of amides is 1. The van der Waals surface area contributed by atoms with Crippen molar-refractivity contribution in [3.63, 3.8) is 0 Å². The van der Waals surface area contributed by atoms with Crippen LogP contribution in [0.15, 0.2) is 58.7 Å². The zero-order valence-corrected chi connectivity index (χ0v) is 12.7. The largest absolute Gasteiger partial charge is 0.465 e. The third-order valence-electron chi connectivity index (χ3n) is 3.87. The summed E-state index contributed by atoms with van der Waals surface area (Å²) in [5, 5.41) is 9.24. The molecule has 5 nitrogen and oxygen atoms in total. The first-order chi connectivity index (χ1) is 11.3. The van der Waals surface area contributed by atoms with Crippen LogP contribution in [0.3, 0.4) is 0 Å². The first-order valence-corrected chi connectivity index (χ1v) is 7.52. The van der Waals surface area contributed by atoms with Crippen molar-refractivity contribution in [3.05, 3.63) is 60.1 Å². The van der Waals surface area contributed by atoms with Gasteiger partial charge in [0.05, 0.1) is 6.26 Å². The summed E-state index contributed by atoms with van der Waals surface area (Å²) in [5.74, 6) is 0.273. The summed E-state index contributed by atoms with van der Waals surface area (Å²) in [6.07, 6.45) is 3.01. The average molecular weight is 307 g/mol. The molecular formula is C18H17N3O2. The number of anilines is 1. The molecule has 0 aliphatic carbocycles. The number of carbonyl (C=O) groups is 1. The van der Waals surface area contributed by atoms with E-state index in [2.05, 4.69) is 17.0 Å². The average Bonchev–Trinajstić information content (AvgIpc) is 3.13. The summed E-state index contributed by atoms with van der Waals surface area (Å²) >= 11 is 0. The molecule has 0 atom stereocenters. The van der Waals surface area contributed by atoms with Crippen LogP contribution in [-0.2, 0) is 4.79 Å². The molecule has 2 aromatic rings. The lowest BCUT2D eigenvalue weighted by atomic mass is 10.2. The van der Waals surface area contributed by atoms with Crippen LogP contribution in [0, 0.1) is 11.3 Å². The van der Waals surface area contributed by atoms with Gasteiger partial charge >= 0.3 is 0 Å². The first-order valence-electron chi connectivity index (χ1n) is 7.52. The van der Waals surface area contributed by atoms with Crippen molar-refractivity contribution in [2.45, 2.75) is 0 Å². The second kappa shape index (κ2) is 6.84. The Morgan fingerprint density at radius 1 is 1.09 bits per heavy atom. The van der Waals surface area contributed by atoms with Crippen LogP contribution < -0.4 is 4.90 Å². The molecule has 1 amide bonds. The Kier molecular flexibility index (Phi) is 4.44. The maximum absolute atomic E-state index is 12.5. The van der Waals surface area contributed by atoms with Gasteiger partial charge in [0.15, 0.2) is 0 Å². The molecule has 0 spiro atoms. The molecular weight excluding hydrogens is 290 g/mol. The molecule has 1 saturated heterocycles. The van der Waals surface area contributed by atoms with Crippen LogP contribution in [-0.4, -0.2) is 37.0 Å². The molecule has 1 aromatic carbocycles. The fraction of sp³-hybridized carbons (Fsp3) is 0.222. The summed E-state index contributed by atoms with van der Waals surface area (Å²) in [4.78, 5) is 16.4. The van der Waals surface area contributed by atoms with Gasteiger partial charge in [-0.3, -0.25) is 4.79 Å². The number of rotatable bonds is 3. The number of benzene rings is 1. The molecule has 0 N–H and O–H groups in total. The van der Waals surface area contributed by atoms with E-state index < -0.39 is 0 Å². The second-order valence-electron chi connectivity index (χ2n) is 5.30. The Balaban J connectivity index is 1.65. The van der Waals surface area contributed by atoms with Crippen LogP contribution in [0.5, 0.6) is 0 Å². The molecule has 1 aliphatic heterocycles. The monoisotopic (exact) mass is 307 g/mol. The van der Waals surface area contributed by atoms with Crippen molar-refractivity contribution in [1.82, 2.24) is 4.90 Å². The first kappa shape index (κ1) is 14.9. The lowest BCUT2D eigenvalue weighted by Crippen LogP contribution is -2.49. The van der Waals surface area contributed by atoms with E-state index in [0.717, 1.165) is 18.8 Å². The third-order valence-corrected chi connectivity index (χ3v) is 3.87. The summed E-state index contributed by atoms with van der Waals surface area (Å²) in [5.41, 5.74) is 1.26. The number of piperazine rings is 1. The molecule has 1 aromatic heterocycles. The fourth-order valence-corrected chi connectivity index (χ4v) is 2.63. The Morgan fingerprint density at radius 3 is 2.43 bits per heavy atom. The Hall–Kier alpha value is -3.00. The predicted octanol–water partition coefficient (Wildman–Crippen LogP) is 2.54. The highest BCUT2D eigenvalue weighted by Crippen LogP contribution is 2.17. The number of hydrogen-bond donors (Lipinski definition) is 0. The Morgan fingerprint density at radius 2 is 1.83 bits per heavy atom. The molecule has 0 unspecified atom stereocenters. The molecule has 2 heterocycles. The zero-order chi connectivity index (χ0) is 16.1. The minimum atomic E-state index is -0.239. The molecule has 0 saturated carbocycles. The van der Waals surface area contributed by atoms with Gasteiger partial charge in [-0.05, 0) is 24.3 Å². The van der Waals surface area contributed by atoms with E-state index in [1.807, 2.05) is 24.3 Å². The normalized spacial score (nSPS) is 15.3.